The number of amides is 2. The summed E-state index contributed by atoms with van der Waals surface area (Å²) in [5.74, 6) is 1.63. The predicted octanol–water partition coefficient (Wildman–Crippen LogP) is 3.80. The van der Waals surface area contributed by atoms with E-state index in [0.717, 1.165) is 37.6 Å². The Morgan fingerprint density at radius 3 is 2.30 bits per heavy atom. The minimum absolute atomic E-state index is 0.379. The normalized spacial score (nSPS) is 13.8. The first-order valence-electron chi connectivity index (χ1n) is 9.65. The minimum Gasteiger partial charge on any atom is -0.353 e. The number of rotatable bonds is 4. The molecule has 0 unspecified atom stereocenters. The van der Waals surface area contributed by atoms with Crippen molar-refractivity contribution in [2.24, 2.45) is 0 Å². The third-order valence-corrected chi connectivity index (χ3v) is 5.27. The van der Waals surface area contributed by atoms with E-state index in [2.05, 4.69) is 35.4 Å². The number of urea groups is 1. The van der Waals surface area contributed by atoms with E-state index in [1.807, 2.05) is 31.2 Å². The van der Waals surface area contributed by atoms with Gasteiger partial charge in [-0.15, -0.1) is 0 Å². The van der Waals surface area contributed by atoms with Crippen molar-refractivity contribution in [3.63, 3.8) is 0 Å². The Kier molecular flexibility index (Phi) is 5.94. The summed E-state index contributed by atoms with van der Waals surface area (Å²) in [6, 6.07) is 10.9. The van der Waals surface area contributed by atoms with Gasteiger partial charge >= 0.3 is 6.03 Å². The molecule has 4 rings (SSSR count). The van der Waals surface area contributed by atoms with E-state index < -0.39 is 0 Å². The van der Waals surface area contributed by atoms with Crippen LogP contribution in [0.25, 0.3) is 0 Å². The summed E-state index contributed by atoms with van der Waals surface area (Å²) in [7, 11) is 0. The number of hydrogen-bond acceptors (Lipinski definition) is 6. The lowest BCUT2D eigenvalue weighted by molar-refractivity contribution is 0.262. The van der Waals surface area contributed by atoms with E-state index in [-0.39, 0.29) is 6.03 Å². The molecule has 0 saturated carbocycles. The van der Waals surface area contributed by atoms with Gasteiger partial charge in [0.2, 0.25) is 5.95 Å². The molecule has 8 nitrogen and oxygen atoms in total. The topological polar surface area (TPSA) is 86.3 Å². The molecule has 2 N–H and O–H groups in total. The summed E-state index contributed by atoms with van der Waals surface area (Å²) >= 11 is 6.09. The van der Waals surface area contributed by atoms with Crippen molar-refractivity contribution in [3.05, 3.63) is 65.6 Å². The molecule has 0 atom stereocenters. The van der Waals surface area contributed by atoms with Gasteiger partial charge in [0, 0.05) is 43.1 Å². The predicted molar refractivity (Wildman–Crippen MR) is 120 cm³/mol. The van der Waals surface area contributed by atoms with Crippen LogP contribution in [0.15, 0.2) is 55.0 Å². The molecule has 30 heavy (non-hydrogen) atoms. The molecular formula is C21H22ClN7O. The van der Waals surface area contributed by atoms with Crippen LogP contribution in [0.4, 0.5) is 27.9 Å². The first kappa shape index (κ1) is 19.9. The fourth-order valence-corrected chi connectivity index (χ4v) is 3.37. The van der Waals surface area contributed by atoms with Gasteiger partial charge in [-0.3, -0.25) is 0 Å². The molecule has 1 aliphatic rings. The molecule has 0 aliphatic carbocycles. The average Bonchev–Trinajstić information content (AvgIpc) is 2.77. The number of aromatic nitrogens is 3. The molecule has 0 bridgehead atoms. The first-order valence-corrected chi connectivity index (χ1v) is 10.0. The molecule has 0 radical (unpaired) electrons. The van der Waals surface area contributed by atoms with Gasteiger partial charge in [-0.05, 0) is 36.8 Å². The van der Waals surface area contributed by atoms with Crippen molar-refractivity contribution in [2.75, 3.05) is 46.6 Å². The molecule has 2 amide bonds. The zero-order valence-corrected chi connectivity index (χ0v) is 17.3. The lowest BCUT2D eigenvalue weighted by Crippen LogP contribution is -2.47. The Hall–Kier alpha value is -3.39. The van der Waals surface area contributed by atoms with Gasteiger partial charge in [0.05, 0.1) is 18.1 Å². The van der Waals surface area contributed by atoms with Crippen molar-refractivity contribution in [1.29, 1.82) is 0 Å². The highest BCUT2D eigenvalue weighted by Gasteiger charge is 2.19. The molecule has 1 aliphatic heterocycles. The molecular weight excluding hydrogens is 402 g/mol. The summed E-state index contributed by atoms with van der Waals surface area (Å²) in [5, 5.41) is 6.08. The average molecular weight is 424 g/mol. The van der Waals surface area contributed by atoms with Crippen molar-refractivity contribution in [1.82, 2.24) is 15.0 Å². The van der Waals surface area contributed by atoms with Crippen LogP contribution in [0.2, 0.25) is 5.02 Å². The molecule has 1 fully saturated rings. The number of benzene rings is 1. The quantitative estimate of drug-likeness (QED) is 0.663. The number of nitrogens with zero attached hydrogens (tertiary/aromatic N) is 5. The van der Waals surface area contributed by atoms with Crippen LogP contribution in [0.1, 0.15) is 5.56 Å². The van der Waals surface area contributed by atoms with Crippen LogP contribution in [0.5, 0.6) is 0 Å². The Balaban J connectivity index is 1.31. The van der Waals surface area contributed by atoms with Crippen LogP contribution in [0, 0.1) is 6.92 Å². The number of carbonyl (C=O) groups is 1. The van der Waals surface area contributed by atoms with Gasteiger partial charge in [0.25, 0.3) is 0 Å². The van der Waals surface area contributed by atoms with Gasteiger partial charge in [0.15, 0.2) is 0 Å². The van der Waals surface area contributed by atoms with Gasteiger partial charge in [-0.25, -0.2) is 19.7 Å². The number of anilines is 4. The first-order chi connectivity index (χ1) is 14.6. The molecule has 2 aromatic heterocycles. The maximum absolute atomic E-state index is 12.2. The molecule has 9 heteroatoms. The molecule has 1 aromatic carbocycles. The van der Waals surface area contributed by atoms with Crippen molar-refractivity contribution < 1.29 is 4.79 Å². The lowest BCUT2D eigenvalue weighted by Gasteiger charge is -2.35. The molecule has 1 saturated heterocycles. The van der Waals surface area contributed by atoms with Gasteiger partial charge < -0.3 is 20.4 Å². The highest BCUT2D eigenvalue weighted by molar-refractivity contribution is 6.31. The molecule has 154 valence electrons. The SMILES string of the molecule is Cc1ccc(NC(=O)Nc2cnc(N3CCN(c4ccccn4)CC3)nc2)cc1Cl. The molecule has 0 spiro atoms. The summed E-state index contributed by atoms with van der Waals surface area (Å²) < 4.78 is 0. The standard InChI is InChI=1S/C21H22ClN7O/c1-15-5-6-16(12-18(15)22)26-21(30)27-17-13-24-20(25-14-17)29-10-8-28(9-11-29)19-4-2-3-7-23-19/h2-7,12-14H,8-11H2,1H3,(H2,26,27,30). The van der Waals surface area contributed by atoms with E-state index in [1.54, 1.807) is 30.7 Å². The van der Waals surface area contributed by atoms with E-state index in [4.69, 9.17) is 11.6 Å². The van der Waals surface area contributed by atoms with Crippen molar-refractivity contribution in [3.8, 4) is 0 Å². The number of nitrogens with one attached hydrogen (secondary N) is 2. The van der Waals surface area contributed by atoms with E-state index in [1.165, 1.54) is 0 Å². The summed E-state index contributed by atoms with van der Waals surface area (Å²) in [5.41, 5.74) is 2.08. The Morgan fingerprint density at radius 2 is 1.63 bits per heavy atom. The van der Waals surface area contributed by atoms with Gasteiger partial charge in [-0.1, -0.05) is 23.7 Å². The number of halogens is 1. The van der Waals surface area contributed by atoms with Crippen LogP contribution in [-0.4, -0.2) is 47.2 Å². The Labute approximate surface area is 179 Å². The van der Waals surface area contributed by atoms with E-state index >= 15 is 0 Å². The largest absolute Gasteiger partial charge is 0.353 e. The van der Waals surface area contributed by atoms with E-state index in [0.29, 0.717) is 22.3 Å². The van der Waals surface area contributed by atoms with E-state index in [9.17, 15) is 4.79 Å². The maximum atomic E-state index is 12.2. The number of hydrogen-bond donors (Lipinski definition) is 2. The Bertz CT molecular complexity index is 1010. The second-order valence-electron chi connectivity index (χ2n) is 6.98. The summed E-state index contributed by atoms with van der Waals surface area (Å²) in [6.07, 6.45) is 5.02. The Morgan fingerprint density at radius 1 is 0.933 bits per heavy atom. The zero-order valence-electron chi connectivity index (χ0n) is 16.5. The number of carbonyl (C=O) groups excluding carboxylic acids is 1. The van der Waals surface area contributed by atoms with Crippen LogP contribution < -0.4 is 20.4 Å². The van der Waals surface area contributed by atoms with Crippen LogP contribution in [-0.2, 0) is 0 Å². The summed E-state index contributed by atoms with van der Waals surface area (Å²) in [4.78, 5) is 29.8. The molecule has 3 aromatic rings. The fraction of sp³-hybridized carbons (Fsp3) is 0.238. The zero-order chi connectivity index (χ0) is 20.9. The van der Waals surface area contributed by atoms with Gasteiger partial charge in [-0.2, -0.15) is 0 Å². The smallest absolute Gasteiger partial charge is 0.323 e. The third-order valence-electron chi connectivity index (χ3n) is 4.86. The van der Waals surface area contributed by atoms with Crippen LogP contribution >= 0.6 is 11.6 Å². The number of aryl methyl sites for hydroxylation is 1. The minimum atomic E-state index is -0.379. The summed E-state index contributed by atoms with van der Waals surface area (Å²) in [6.45, 7) is 5.21. The molecule has 3 heterocycles. The van der Waals surface area contributed by atoms with Crippen molar-refractivity contribution >= 4 is 40.8 Å². The van der Waals surface area contributed by atoms with Gasteiger partial charge in [0.1, 0.15) is 5.82 Å². The third kappa shape index (κ3) is 4.77. The van der Waals surface area contributed by atoms with Crippen molar-refractivity contribution in [2.45, 2.75) is 6.92 Å². The second kappa shape index (κ2) is 8.96. The lowest BCUT2D eigenvalue weighted by atomic mass is 10.2. The highest BCUT2D eigenvalue weighted by atomic mass is 35.5. The number of pyridine rings is 1. The fourth-order valence-electron chi connectivity index (χ4n) is 3.19. The number of piperazine rings is 1. The highest BCUT2D eigenvalue weighted by Crippen LogP contribution is 2.20. The maximum Gasteiger partial charge on any atom is 0.323 e. The monoisotopic (exact) mass is 423 g/mol. The second-order valence-corrected chi connectivity index (χ2v) is 7.38. The van der Waals surface area contributed by atoms with Crippen LogP contribution in [0.3, 0.4) is 0 Å².